The molecular formula is C28H40O3. The SMILES string of the molecule is CCCc1cccc(C(CCCCCCCCOC(=O)O)c2ccccc2)c1CCC. The van der Waals surface area contributed by atoms with E-state index in [-0.39, 0.29) is 0 Å². The van der Waals surface area contributed by atoms with Crippen molar-refractivity contribution in [1.29, 1.82) is 0 Å². The fourth-order valence-corrected chi connectivity index (χ4v) is 4.54. The van der Waals surface area contributed by atoms with Gasteiger partial charge in [-0.1, -0.05) is 107 Å². The van der Waals surface area contributed by atoms with Crippen LogP contribution in [0.3, 0.4) is 0 Å². The molecule has 2 rings (SSSR count). The van der Waals surface area contributed by atoms with Gasteiger partial charge in [-0.15, -0.1) is 0 Å². The molecule has 170 valence electrons. The van der Waals surface area contributed by atoms with Crippen LogP contribution in [-0.4, -0.2) is 17.9 Å². The lowest BCUT2D eigenvalue weighted by molar-refractivity contribution is 0.0899. The molecular weight excluding hydrogens is 384 g/mol. The average molecular weight is 425 g/mol. The minimum absolute atomic E-state index is 0.319. The van der Waals surface area contributed by atoms with Gasteiger partial charge in [0.15, 0.2) is 0 Å². The number of benzene rings is 2. The number of aryl methyl sites for hydroxylation is 1. The summed E-state index contributed by atoms with van der Waals surface area (Å²) in [4.78, 5) is 10.4. The van der Waals surface area contributed by atoms with E-state index in [4.69, 9.17) is 5.11 Å². The molecule has 2 aromatic carbocycles. The van der Waals surface area contributed by atoms with Gasteiger partial charge in [0.05, 0.1) is 6.61 Å². The lowest BCUT2D eigenvalue weighted by Gasteiger charge is -2.23. The maximum Gasteiger partial charge on any atom is 0.505 e. The van der Waals surface area contributed by atoms with Crippen molar-refractivity contribution in [2.75, 3.05) is 6.61 Å². The van der Waals surface area contributed by atoms with E-state index < -0.39 is 6.16 Å². The molecule has 1 N–H and O–H groups in total. The Labute approximate surface area is 188 Å². The minimum atomic E-state index is -1.17. The Hall–Kier alpha value is -2.29. The molecule has 1 unspecified atom stereocenters. The molecule has 0 amide bonds. The van der Waals surface area contributed by atoms with E-state index in [0.29, 0.717) is 12.5 Å². The van der Waals surface area contributed by atoms with Gasteiger partial charge in [-0.25, -0.2) is 4.79 Å². The first kappa shape index (κ1) is 25.0. The fourth-order valence-electron chi connectivity index (χ4n) is 4.54. The van der Waals surface area contributed by atoms with Gasteiger partial charge in [-0.05, 0) is 47.9 Å². The van der Waals surface area contributed by atoms with Gasteiger partial charge < -0.3 is 9.84 Å². The molecule has 31 heavy (non-hydrogen) atoms. The smallest absolute Gasteiger partial charge is 0.450 e. The first-order valence-electron chi connectivity index (χ1n) is 12.2. The highest BCUT2D eigenvalue weighted by Gasteiger charge is 2.18. The number of hydrogen-bond acceptors (Lipinski definition) is 2. The predicted octanol–water partition coefficient (Wildman–Crippen LogP) is 8.15. The van der Waals surface area contributed by atoms with Crippen molar-refractivity contribution < 1.29 is 14.6 Å². The quantitative estimate of drug-likeness (QED) is 0.232. The van der Waals surface area contributed by atoms with Gasteiger partial charge in [0.1, 0.15) is 0 Å². The third kappa shape index (κ3) is 8.77. The van der Waals surface area contributed by atoms with Crippen molar-refractivity contribution >= 4 is 6.16 Å². The van der Waals surface area contributed by atoms with E-state index in [1.165, 1.54) is 55.2 Å². The molecule has 1 atom stereocenters. The second-order valence-electron chi connectivity index (χ2n) is 8.47. The van der Waals surface area contributed by atoms with Crippen LogP contribution in [0.25, 0.3) is 0 Å². The third-order valence-corrected chi connectivity index (χ3v) is 6.02. The molecule has 0 aromatic heterocycles. The van der Waals surface area contributed by atoms with Crippen molar-refractivity contribution in [3.8, 4) is 0 Å². The fraction of sp³-hybridized carbons (Fsp3) is 0.536. The van der Waals surface area contributed by atoms with E-state index in [1.807, 2.05) is 0 Å². The molecule has 3 nitrogen and oxygen atoms in total. The zero-order chi connectivity index (χ0) is 22.3. The van der Waals surface area contributed by atoms with Gasteiger partial charge in [-0.2, -0.15) is 0 Å². The van der Waals surface area contributed by atoms with Gasteiger partial charge in [0.25, 0.3) is 0 Å². The highest BCUT2D eigenvalue weighted by molar-refractivity contribution is 5.56. The molecule has 3 heteroatoms. The monoisotopic (exact) mass is 424 g/mol. The van der Waals surface area contributed by atoms with E-state index in [0.717, 1.165) is 32.1 Å². The van der Waals surface area contributed by atoms with E-state index in [9.17, 15) is 4.79 Å². The zero-order valence-electron chi connectivity index (χ0n) is 19.4. The summed E-state index contributed by atoms with van der Waals surface area (Å²) in [5.74, 6) is 0.462. The van der Waals surface area contributed by atoms with Crippen LogP contribution in [0.1, 0.15) is 99.8 Å². The minimum Gasteiger partial charge on any atom is -0.450 e. The molecule has 0 aliphatic heterocycles. The summed E-state index contributed by atoms with van der Waals surface area (Å²) < 4.78 is 4.57. The molecule has 0 aliphatic carbocycles. The standard InChI is InChI=1S/C28H40O3/c1-3-15-23-19-14-21-27(25(23)16-4-2)26(24-17-10-9-11-18-24)20-12-7-5-6-8-13-22-31-28(29)30/h9-11,14,17-19,21,26H,3-8,12-13,15-16,20,22H2,1-2H3,(H,29,30). The van der Waals surface area contributed by atoms with Crippen LogP contribution in [0, 0.1) is 0 Å². The topological polar surface area (TPSA) is 46.5 Å². The van der Waals surface area contributed by atoms with Crippen LogP contribution in [0.2, 0.25) is 0 Å². The largest absolute Gasteiger partial charge is 0.505 e. The van der Waals surface area contributed by atoms with Gasteiger partial charge in [-0.3, -0.25) is 0 Å². The Balaban J connectivity index is 2.00. The Morgan fingerprint density at radius 3 is 2.19 bits per heavy atom. The maximum atomic E-state index is 10.4. The first-order chi connectivity index (χ1) is 15.2. The third-order valence-electron chi connectivity index (χ3n) is 6.02. The lowest BCUT2D eigenvalue weighted by atomic mass is 9.81. The van der Waals surface area contributed by atoms with Crippen molar-refractivity contribution in [2.45, 2.75) is 90.4 Å². The van der Waals surface area contributed by atoms with Crippen LogP contribution in [0.4, 0.5) is 4.79 Å². The Bertz CT molecular complexity index is 754. The maximum absolute atomic E-state index is 10.4. The lowest BCUT2D eigenvalue weighted by Crippen LogP contribution is -2.08. The normalized spacial score (nSPS) is 11.9. The van der Waals surface area contributed by atoms with E-state index in [2.05, 4.69) is 67.1 Å². The number of hydrogen-bond donors (Lipinski definition) is 1. The highest BCUT2D eigenvalue weighted by atomic mass is 16.7. The molecule has 0 heterocycles. The van der Waals surface area contributed by atoms with Crippen LogP contribution < -0.4 is 0 Å². The number of carboxylic acid groups (broad SMARTS) is 1. The second-order valence-corrected chi connectivity index (χ2v) is 8.47. The van der Waals surface area contributed by atoms with Gasteiger partial charge in [0.2, 0.25) is 0 Å². The number of rotatable bonds is 15. The summed E-state index contributed by atoms with van der Waals surface area (Å²) in [5.41, 5.74) is 6.08. The summed E-state index contributed by atoms with van der Waals surface area (Å²) in [6.45, 7) is 4.87. The molecule has 0 aliphatic rings. The molecule has 0 saturated heterocycles. The molecule has 0 fully saturated rings. The summed E-state index contributed by atoms with van der Waals surface area (Å²) in [5, 5.41) is 8.50. The molecule has 2 aromatic rings. The van der Waals surface area contributed by atoms with Crippen LogP contribution >= 0.6 is 0 Å². The molecule has 0 saturated carbocycles. The summed E-state index contributed by atoms with van der Waals surface area (Å²) in [6, 6.07) is 18.0. The van der Waals surface area contributed by atoms with Crippen LogP contribution in [0.5, 0.6) is 0 Å². The van der Waals surface area contributed by atoms with Crippen LogP contribution in [0.15, 0.2) is 48.5 Å². The molecule has 0 radical (unpaired) electrons. The summed E-state index contributed by atoms with van der Waals surface area (Å²) >= 11 is 0. The molecule has 0 spiro atoms. The molecule has 0 bridgehead atoms. The highest BCUT2D eigenvalue weighted by Crippen LogP contribution is 2.34. The van der Waals surface area contributed by atoms with E-state index >= 15 is 0 Å². The first-order valence-corrected chi connectivity index (χ1v) is 12.2. The summed E-state index contributed by atoms with van der Waals surface area (Å²) in [7, 11) is 0. The average Bonchev–Trinajstić information content (AvgIpc) is 2.77. The van der Waals surface area contributed by atoms with Crippen molar-refractivity contribution in [1.82, 2.24) is 0 Å². The van der Waals surface area contributed by atoms with E-state index in [1.54, 1.807) is 5.56 Å². The number of carbonyl (C=O) groups is 1. The second kappa shape index (κ2) is 14.7. The van der Waals surface area contributed by atoms with Crippen molar-refractivity contribution in [2.24, 2.45) is 0 Å². The Morgan fingerprint density at radius 1 is 0.839 bits per heavy atom. The number of ether oxygens (including phenoxy) is 1. The van der Waals surface area contributed by atoms with Gasteiger partial charge in [0, 0.05) is 5.92 Å². The zero-order valence-corrected chi connectivity index (χ0v) is 19.4. The van der Waals surface area contributed by atoms with Crippen molar-refractivity contribution in [3.05, 3.63) is 70.8 Å². The Morgan fingerprint density at radius 2 is 1.52 bits per heavy atom. The van der Waals surface area contributed by atoms with Gasteiger partial charge >= 0.3 is 6.16 Å². The number of unbranched alkanes of at least 4 members (excludes halogenated alkanes) is 5. The van der Waals surface area contributed by atoms with Crippen LogP contribution in [-0.2, 0) is 17.6 Å². The Kier molecular flexibility index (Phi) is 11.8. The predicted molar refractivity (Wildman–Crippen MR) is 129 cm³/mol. The summed E-state index contributed by atoms with van der Waals surface area (Å²) in [6.07, 6.45) is 11.3. The van der Waals surface area contributed by atoms with Crippen molar-refractivity contribution in [3.63, 3.8) is 0 Å².